The average Bonchev–Trinajstić information content (AvgIpc) is 2.45. The van der Waals surface area contributed by atoms with Crippen molar-refractivity contribution >= 4 is 11.6 Å². The zero-order chi connectivity index (χ0) is 15.0. The number of para-hydroxylation sites is 1. The highest BCUT2D eigenvalue weighted by Crippen LogP contribution is 2.28. The minimum atomic E-state index is -0.334. The van der Waals surface area contributed by atoms with Crippen LogP contribution < -0.4 is 10.6 Å². The number of benzene rings is 2. The molecule has 1 atom stereocenters. The molecule has 3 nitrogen and oxygen atoms in total. The van der Waals surface area contributed by atoms with Crippen molar-refractivity contribution in [2.45, 2.75) is 19.4 Å². The van der Waals surface area contributed by atoms with Gasteiger partial charge in [0.15, 0.2) is 0 Å². The van der Waals surface area contributed by atoms with Crippen LogP contribution in [-0.4, -0.2) is 18.5 Å². The molecular formula is C17H17FN2O. The molecule has 0 saturated heterocycles. The predicted molar refractivity (Wildman–Crippen MR) is 80.9 cm³/mol. The molecule has 3 rings (SSSR count). The van der Waals surface area contributed by atoms with E-state index in [1.54, 1.807) is 11.8 Å². The van der Waals surface area contributed by atoms with Gasteiger partial charge in [0.05, 0.1) is 0 Å². The number of carbonyl (C=O) groups is 1. The van der Waals surface area contributed by atoms with Crippen LogP contribution in [0.15, 0.2) is 42.5 Å². The maximum absolute atomic E-state index is 13.2. The Morgan fingerprint density at radius 1 is 1.29 bits per heavy atom. The van der Waals surface area contributed by atoms with Gasteiger partial charge in [-0.05, 0) is 48.7 Å². The van der Waals surface area contributed by atoms with Crippen LogP contribution in [-0.2, 0) is 6.42 Å². The van der Waals surface area contributed by atoms with Crippen molar-refractivity contribution in [1.82, 2.24) is 0 Å². The number of aryl methyl sites for hydroxylation is 1. The maximum Gasteiger partial charge on any atom is 0.258 e. The lowest BCUT2D eigenvalue weighted by molar-refractivity contribution is 0.0983. The average molecular weight is 284 g/mol. The van der Waals surface area contributed by atoms with E-state index in [4.69, 9.17) is 5.73 Å². The van der Waals surface area contributed by atoms with Gasteiger partial charge in [0.25, 0.3) is 5.91 Å². The molecule has 1 aliphatic rings. The Labute approximate surface area is 123 Å². The van der Waals surface area contributed by atoms with E-state index < -0.39 is 0 Å². The first kappa shape index (κ1) is 13.8. The third kappa shape index (κ3) is 2.54. The number of hydrogen-bond donors (Lipinski definition) is 1. The van der Waals surface area contributed by atoms with Crippen LogP contribution in [0.3, 0.4) is 0 Å². The number of nitrogens with two attached hydrogens (primary N) is 1. The molecule has 2 aromatic carbocycles. The Morgan fingerprint density at radius 3 is 2.81 bits per heavy atom. The van der Waals surface area contributed by atoms with Gasteiger partial charge in [-0.25, -0.2) is 4.39 Å². The predicted octanol–water partition coefficient (Wildman–Crippen LogP) is 2.66. The number of carbonyl (C=O) groups excluding carboxylic acids is 1. The van der Waals surface area contributed by atoms with Gasteiger partial charge < -0.3 is 10.6 Å². The molecule has 0 aromatic heterocycles. The van der Waals surface area contributed by atoms with Gasteiger partial charge in [-0.15, -0.1) is 0 Å². The molecule has 2 aromatic rings. The summed E-state index contributed by atoms with van der Waals surface area (Å²) < 4.78 is 13.2. The summed E-state index contributed by atoms with van der Waals surface area (Å²) in [5, 5.41) is 0. The van der Waals surface area contributed by atoms with E-state index in [2.05, 4.69) is 0 Å². The van der Waals surface area contributed by atoms with Gasteiger partial charge >= 0.3 is 0 Å². The Morgan fingerprint density at radius 2 is 2.05 bits per heavy atom. The number of amides is 1. The van der Waals surface area contributed by atoms with Gasteiger partial charge in [0.1, 0.15) is 5.82 Å². The molecule has 21 heavy (non-hydrogen) atoms. The van der Waals surface area contributed by atoms with Crippen molar-refractivity contribution in [2.24, 2.45) is 5.73 Å². The molecular weight excluding hydrogens is 267 g/mol. The van der Waals surface area contributed by atoms with Crippen molar-refractivity contribution in [3.05, 3.63) is 65.0 Å². The summed E-state index contributed by atoms with van der Waals surface area (Å²) >= 11 is 0. The van der Waals surface area contributed by atoms with Crippen LogP contribution in [0.5, 0.6) is 0 Å². The molecule has 2 N–H and O–H groups in total. The van der Waals surface area contributed by atoms with E-state index in [1.807, 2.05) is 24.3 Å². The van der Waals surface area contributed by atoms with Crippen LogP contribution in [0.2, 0.25) is 0 Å². The van der Waals surface area contributed by atoms with Crippen LogP contribution in [0.4, 0.5) is 10.1 Å². The SMILES string of the molecule is Cc1cc(F)ccc1C(=O)N1CC(N)Cc2ccccc21. The molecule has 0 fully saturated rings. The van der Waals surface area contributed by atoms with Crippen molar-refractivity contribution in [1.29, 1.82) is 0 Å². The molecule has 1 unspecified atom stereocenters. The molecule has 0 saturated carbocycles. The summed E-state index contributed by atoms with van der Waals surface area (Å²) in [5.74, 6) is -0.463. The smallest absolute Gasteiger partial charge is 0.258 e. The second-order valence-corrected chi connectivity index (χ2v) is 5.47. The van der Waals surface area contributed by atoms with Gasteiger partial charge in [-0.1, -0.05) is 18.2 Å². The number of halogens is 1. The highest BCUT2D eigenvalue weighted by Gasteiger charge is 2.27. The highest BCUT2D eigenvalue weighted by molar-refractivity contribution is 6.07. The molecule has 0 spiro atoms. The molecule has 1 amide bonds. The second kappa shape index (κ2) is 5.30. The largest absolute Gasteiger partial charge is 0.326 e. The first-order chi connectivity index (χ1) is 10.1. The fourth-order valence-corrected chi connectivity index (χ4v) is 2.83. The minimum Gasteiger partial charge on any atom is -0.326 e. The van der Waals surface area contributed by atoms with E-state index in [0.29, 0.717) is 17.7 Å². The van der Waals surface area contributed by atoms with E-state index in [1.165, 1.54) is 18.2 Å². The number of fused-ring (bicyclic) bond motifs is 1. The summed E-state index contributed by atoms with van der Waals surface area (Å²) in [4.78, 5) is 14.5. The van der Waals surface area contributed by atoms with Crippen molar-refractivity contribution in [2.75, 3.05) is 11.4 Å². The molecule has 0 aliphatic carbocycles. The normalized spacial score (nSPS) is 17.5. The number of anilines is 1. The fraction of sp³-hybridized carbons (Fsp3) is 0.235. The minimum absolute atomic E-state index is 0.0791. The Bertz CT molecular complexity index is 699. The van der Waals surface area contributed by atoms with Gasteiger partial charge in [0, 0.05) is 23.8 Å². The monoisotopic (exact) mass is 284 g/mol. The van der Waals surface area contributed by atoms with Crippen molar-refractivity contribution < 1.29 is 9.18 Å². The lowest BCUT2D eigenvalue weighted by atomic mass is 9.97. The van der Waals surface area contributed by atoms with Crippen LogP contribution in [0.1, 0.15) is 21.5 Å². The summed E-state index contributed by atoms with van der Waals surface area (Å²) in [7, 11) is 0. The van der Waals surface area contributed by atoms with Crippen LogP contribution >= 0.6 is 0 Å². The van der Waals surface area contributed by atoms with Crippen LogP contribution in [0, 0.1) is 12.7 Å². The quantitative estimate of drug-likeness (QED) is 0.875. The molecule has 0 radical (unpaired) electrons. The summed E-state index contributed by atoms with van der Waals surface area (Å²) in [6, 6.07) is 11.9. The first-order valence-electron chi connectivity index (χ1n) is 6.98. The maximum atomic E-state index is 13.2. The van der Waals surface area contributed by atoms with Crippen molar-refractivity contribution in [3.8, 4) is 0 Å². The van der Waals surface area contributed by atoms with E-state index in [-0.39, 0.29) is 17.8 Å². The standard InChI is InChI=1S/C17H17FN2O/c1-11-8-13(18)6-7-15(11)17(21)20-10-14(19)9-12-4-2-3-5-16(12)20/h2-8,14H,9-10,19H2,1H3. The lowest BCUT2D eigenvalue weighted by Gasteiger charge is -2.33. The first-order valence-corrected chi connectivity index (χ1v) is 6.98. The van der Waals surface area contributed by atoms with Gasteiger partial charge in [-0.3, -0.25) is 4.79 Å². The third-order valence-electron chi connectivity index (χ3n) is 3.85. The fourth-order valence-electron chi connectivity index (χ4n) is 2.83. The highest BCUT2D eigenvalue weighted by atomic mass is 19.1. The topological polar surface area (TPSA) is 46.3 Å². The molecule has 0 bridgehead atoms. The summed E-state index contributed by atoms with van der Waals surface area (Å²) in [5.41, 5.74) is 9.18. The van der Waals surface area contributed by atoms with Crippen LogP contribution in [0.25, 0.3) is 0 Å². The Kier molecular flexibility index (Phi) is 3.47. The second-order valence-electron chi connectivity index (χ2n) is 5.47. The number of rotatable bonds is 1. The molecule has 1 aliphatic heterocycles. The number of hydrogen-bond acceptors (Lipinski definition) is 2. The van der Waals surface area contributed by atoms with Crippen molar-refractivity contribution in [3.63, 3.8) is 0 Å². The summed E-state index contributed by atoms with van der Waals surface area (Å²) in [6.07, 6.45) is 0.766. The zero-order valence-electron chi connectivity index (χ0n) is 11.8. The summed E-state index contributed by atoms with van der Waals surface area (Å²) in [6.45, 7) is 2.22. The van der Waals surface area contributed by atoms with E-state index in [0.717, 1.165) is 17.7 Å². The van der Waals surface area contributed by atoms with Gasteiger partial charge in [0.2, 0.25) is 0 Å². The third-order valence-corrected chi connectivity index (χ3v) is 3.85. The Hall–Kier alpha value is -2.20. The molecule has 1 heterocycles. The van der Waals surface area contributed by atoms with E-state index in [9.17, 15) is 9.18 Å². The van der Waals surface area contributed by atoms with Gasteiger partial charge in [-0.2, -0.15) is 0 Å². The molecule has 108 valence electrons. The lowest BCUT2D eigenvalue weighted by Crippen LogP contribution is -2.46. The molecule has 4 heteroatoms. The van der Waals surface area contributed by atoms with E-state index >= 15 is 0 Å². The zero-order valence-corrected chi connectivity index (χ0v) is 11.8. The Balaban J connectivity index is 2.02. The number of nitrogens with zero attached hydrogens (tertiary/aromatic N) is 1.